The molecule has 0 saturated carbocycles. The monoisotopic (exact) mass is 502 g/mol. The lowest BCUT2D eigenvalue weighted by atomic mass is 10.2. The predicted molar refractivity (Wildman–Crippen MR) is 159 cm³/mol. The summed E-state index contributed by atoms with van der Waals surface area (Å²) in [6.45, 7) is 13.5. The van der Waals surface area contributed by atoms with Crippen molar-refractivity contribution in [3.05, 3.63) is 83.0 Å². The van der Waals surface area contributed by atoms with E-state index in [1.165, 1.54) is 11.8 Å². The van der Waals surface area contributed by atoms with E-state index in [-0.39, 0.29) is 11.4 Å². The van der Waals surface area contributed by atoms with Gasteiger partial charge in [-0.2, -0.15) is 11.8 Å². The Morgan fingerprint density at radius 1 is 1.18 bits per heavy atom. The van der Waals surface area contributed by atoms with Gasteiger partial charge >= 0.3 is 0 Å². The molecule has 0 saturated heterocycles. The van der Waals surface area contributed by atoms with Gasteiger partial charge in [0.05, 0.1) is 0 Å². The maximum Gasteiger partial charge on any atom is 0.270 e. The molecule has 5 nitrogen and oxygen atoms in total. The van der Waals surface area contributed by atoms with Gasteiger partial charge in [0.25, 0.3) is 5.56 Å². The lowest BCUT2D eigenvalue weighted by Crippen LogP contribution is -2.33. The van der Waals surface area contributed by atoms with E-state index in [4.69, 9.17) is 10.7 Å². The topological polar surface area (TPSA) is 73.3 Å². The van der Waals surface area contributed by atoms with Gasteiger partial charge in [0.15, 0.2) is 0 Å². The summed E-state index contributed by atoms with van der Waals surface area (Å²) in [4.78, 5) is 22.1. The Bertz CT molecular complexity index is 981. The van der Waals surface area contributed by atoms with Gasteiger partial charge in [-0.15, -0.1) is 11.8 Å². The lowest BCUT2D eigenvalue weighted by molar-refractivity contribution is 0.869. The number of thioether (sulfide) groups is 2. The van der Waals surface area contributed by atoms with Crippen molar-refractivity contribution in [2.24, 2.45) is 10.7 Å². The Kier molecular flexibility index (Phi) is 20.8. The average Bonchev–Trinajstić information content (AvgIpc) is 3.15. The maximum absolute atomic E-state index is 13.4. The molecule has 188 valence electrons. The molecule has 0 bridgehead atoms. The van der Waals surface area contributed by atoms with Crippen LogP contribution in [0.1, 0.15) is 52.4 Å². The smallest absolute Gasteiger partial charge is 0.270 e. The number of allylic oxidation sites excluding steroid dienone is 11. The summed E-state index contributed by atoms with van der Waals surface area (Å²) < 4.78 is 1.58. The molecule has 0 unspecified atom stereocenters. The Labute approximate surface area is 215 Å². The van der Waals surface area contributed by atoms with Crippen LogP contribution in [-0.4, -0.2) is 41.2 Å². The van der Waals surface area contributed by atoms with Gasteiger partial charge in [0.2, 0.25) is 0 Å². The molecule has 1 aliphatic rings. The van der Waals surface area contributed by atoms with Crippen molar-refractivity contribution in [1.29, 1.82) is 0 Å². The summed E-state index contributed by atoms with van der Waals surface area (Å²) in [6.07, 6.45) is 23.9. The zero-order chi connectivity index (χ0) is 26.5. The number of amidine groups is 1. The van der Waals surface area contributed by atoms with Gasteiger partial charge in [0, 0.05) is 18.3 Å². The fourth-order valence-electron chi connectivity index (χ4n) is 2.58. The van der Waals surface area contributed by atoms with Crippen molar-refractivity contribution in [2.45, 2.75) is 46.1 Å². The molecule has 0 fully saturated rings. The molecule has 1 aliphatic carbocycles. The van der Waals surface area contributed by atoms with Crippen LogP contribution in [0.5, 0.6) is 0 Å². The van der Waals surface area contributed by atoms with Crippen molar-refractivity contribution in [1.82, 2.24) is 9.55 Å². The van der Waals surface area contributed by atoms with Crippen molar-refractivity contribution in [3.8, 4) is 0 Å². The highest BCUT2D eigenvalue weighted by Gasteiger charge is 2.21. The SMILES string of the molecule is C=C/C=C\C=C(/C)n1c(C2=CC=CCC=C2)nc(SC)c(C(N)=NC)c1=O.CC.CC.CSC. The molecular formula is C27H42N4OS2. The van der Waals surface area contributed by atoms with Crippen LogP contribution in [0, 0.1) is 0 Å². The largest absolute Gasteiger partial charge is 0.383 e. The zero-order valence-electron chi connectivity index (χ0n) is 22.3. The van der Waals surface area contributed by atoms with Crippen molar-refractivity contribution >= 4 is 40.6 Å². The highest BCUT2D eigenvalue weighted by atomic mass is 32.2. The number of hydrogen-bond donors (Lipinski definition) is 1. The molecule has 2 rings (SSSR count). The van der Waals surface area contributed by atoms with Crippen molar-refractivity contribution < 1.29 is 0 Å². The first-order chi connectivity index (χ1) is 16.5. The third-order valence-corrected chi connectivity index (χ3v) is 4.60. The van der Waals surface area contributed by atoms with E-state index < -0.39 is 0 Å². The van der Waals surface area contributed by atoms with Gasteiger partial charge in [0.1, 0.15) is 22.2 Å². The Balaban J connectivity index is 0. The molecule has 0 amide bonds. The minimum absolute atomic E-state index is 0.178. The van der Waals surface area contributed by atoms with Crippen LogP contribution in [0.2, 0.25) is 0 Å². The highest BCUT2D eigenvalue weighted by molar-refractivity contribution is 7.98. The fraction of sp³-hybridized carbons (Fsp3) is 0.370. The number of nitrogens with two attached hydrogens (primary N) is 1. The molecule has 1 aromatic heterocycles. The Morgan fingerprint density at radius 2 is 1.79 bits per heavy atom. The molecule has 2 N–H and O–H groups in total. The molecule has 7 heteroatoms. The van der Waals surface area contributed by atoms with Crippen LogP contribution in [0.25, 0.3) is 11.3 Å². The van der Waals surface area contributed by atoms with E-state index in [0.717, 1.165) is 17.7 Å². The van der Waals surface area contributed by atoms with E-state index in [2.05, 4.69) is 11.6 Å². The van der Waals surface area contributed by atoms with Gasteiger partial charge in [-0.25, -0.2) is 4.98 Å². The van der Waals surface area contributed by atoms with Crippen molar-refractivity contribution in [3.63, 3.8) is 0 Å². The van der Waals surface area contributed by atoms with Gasteiger partial charge in [-0.1, -0.05) is 82.9 Å². The molecule has 1 aromatic rings. The average molecular weight is 503 g/mol. The molecule has 0 aliphatic heterocycles. The van der Waals surface area contributed by atoms with E-state index in [9.17, 15) is 4.79 Å². The minimum atomic E-state index is -0.240. The van der Waals surface area contributed by atoms with Gasteiger partial charge in [-0.05, 0) is 38.2 Å². The minimum Gasteiger partial charge on any atom is -0.383 e. The summed E-state index contributed by atoms with van der Waals surface area (Å²) in [5.74, 6) is 0.748. The first-order valence-electron chi connectivity index (χ1n) is 11.3. The van der Waals surface area contributed by atoms with Crippen molar-refractivity contribution in [2.75, 3.05) is 25.8 Å². The number of aromatic nitrogens is 2. The quantitative estimate of drug-likeness (QED) is 0.152. The Morgan fingerprint density at radius 3 is 2.32 bits per heavy atom. The second kappa shape index (κ2) is 21.1. The van der Waals surface area contributed by atoms with Crippen LogP contribution in [0.3, 0.4) is 0 Å². The molecular weight excluding hydrogens is 460 g/mol. The third kappa shape index (κ3) is 10.6. The molecule has 1 heterocycles. The van der Waals surface area contributed by atoms with Crippen LogP contribution >= 0.6 is 23.5 Å². The van der Waals surface area contributed by atoms with Crippen LogP contribution in [0.4, 0.5) is 0 Å². The number of rotatable bonds is 6. The van der Waals surface area contributed by atoms with E-state index in [0.29, 0.717) is 16.4 Å². The lowest BCUT2D eigenvalue weighted by Gasteiger charge is -2.17. The van der Waals surface area contributed by atoms with Crippen LogP contribution < -0.4 is 11.3 Å². The van der Waals surface area contributed by atoms with Crippen LogP contribution in [0.15, 0.2) is 76.1 Å². The first-order valence-corrected chi connectivity index (χ1v) is 14.2. The maximum atomic E-state index is 13.4. The summed E-state index contributed by atoms with van der Waals surface area (Å²) in [5, 5.41) is 0.561. The molecule has 0 spiro atoms. The summed E-state index contributed by atoms with van der Waals surface area (Å²) >= 11 is 3.13. The molecule has 34 heavy (non-hydrogen) atoms. The first kappa shape index (κ1) is 33.7. The third-order valence-electron chi connectivity index (χ3n) is 3.92. The molecule has 0 atom stereocenters. The molecule has 0 aromatic carbocycles. The predicted octanol–water partition coefficient (Wildman–Crippen LogP) is 6.83. The summed E-state index contributed by atoms with van der Waals surface area (Å²) in [5.41, 5.74) is 7.67. The second-order valence-electron chi connectivity index (χ2n) is 6.09. The van der Waals surface area contributed by atoms with E-state index in [1.807, 2.05) is 95.9 Å². The van der Waals surface area contributed by atoms with E-state index in [1.54, 1.807) is 35.5 Å². The highest BCUT2D eigenvalue weighted by Crippen LogP contribution is 2.23. The summed E-state index contributed by atoms with van der Waals surface area (Å²) in [6, 6.07) is 0. The standard InChI is InChI=1S/C21H24N4OS.C2H6S.2C2H6/c1-5-6-9-12-15(2)25-19(16-13-10-7-8-11-14-16)24-20(27-4)17(21(25)26)18(22)23-3;1-3-2;2*1-2/h5-7,9-14H,1,8H2,2-4H3,(H2,22,23);1-2H3;2*1-2H3/b9-6-,15-12+;;;. The molecule has 0 radical (unpaired) electrons. The fourth-order valence-corrected chi connectivity index (χ4v) is 3.15. The van der Waals surface area contributed by atoms with Gasteiger partial charge < -0.3 is 5.73 Å². The number of aliphatic imine (C=N–C) groups is 1. The van der Waals surface area contributed by atoms with E-state index >= 15 is 0 Å². The van der Waals surface area contributed by atoms with Crippen LogP contribution in [-0.2, 0) is 0 Å². The number of nitrogens with zero attached hydrogens (tertiary/aromatic N) is 3. The Hall–Kier alpha value is -2.51. The number of hydrogen-bond acceptors (Lipinski definition) is 5. The zero-order valence-corrected chi connectivity index (χ0v) is 23.9. The summed E-state index contributed by atoms with van der Waals surface area (Å²) in [7, 11) is 1.56. The van der Waals surface area contributed by atoms with Gasteiger partial charge in [-0.3, -0.25) is 14.4 Å². The normalized spacial score (nSPS) is 12.9. The second-order valence-corrected chi connectivity index (χ2v) is 7.71.